The monoisotopic (exact) mass is 520 g/mol. The smallest absolute Gasteiger partial charge is 0.335 e. The number of methoxy groups -OCH3 is 1. The first-order valence-corrected chi connectivity index (χ1v) is 12.4. The van der Waals surface area contributed by atoms with Crippen LogP contribution >= 0.6 is 11.6 Å². The molecule has 0 spiro atoms. The zero-order chi connectivity index (χ0) is 25.3. The molecule has 4 rings (SSSR count). The molecule has 2 atom stereocenters. The summed E-state index contributed by atoms with van der Waals surface area (Å²) in [6.45, 7) is 0.730. The molecule has 1 aliphatic rings. The van der Waals surface area contributed by atoms with E-state index in [1.807, 2.05) is 24.3 Å². The fourth-order valence-corrected chi connectivity index (χ4v) is 5.43. The summed E-state index contributed by atoms with van der Waals surface area (Å²) in [4.78, 5) is 10.5. The summed E-state index contributed by atoms with van der Waals surface area (Å²) >= 11 is 5.80. The summed E-state index contributed by atoms with van der Waals surface area (Å²) in [7, 11) is -2.92. The number of halogens is 2. The fraction of sp³-hybridized carbons (Fsp3) is 0.208. The lowest BCUT2D eigenvalue weighted by molar-refractivity contribution is 0.0696. The molecule has 0 radical (unpaired) electrons. The van der Waals surface area contributed by atoms with E-state index in [9.17, 15) is 27.8 Å². The SMILES string of the molecule is CO[C@@H]1CNC(c2cccc(-c3ccc(F)c(NS(=O)(=O)c4cc(C(=O)O)cc(Cl)c4O)c3)c2)C1. The van der Waals surface area contributed by atoms with Crippen molar-refractivity contribution in [1.29, 1.82) is 0 Å². The van der Waals surface area contributed by atoms with Crippen LogP contribution in [0.3, 0.4) is 0 Å². The van der Waals surface area contributed by atoms with Crippen molar-refractivity contribution >= 4 is 33.3 Å². The summed E-state index contributed by atoms with van der Waals surface area (Å²) in [6.07, 6.45) is 0.913. The minimum atomic E-state index is -4.59. The Bertz CT molecular complexity index is 1400. The van der Waals surface area contributed by atoms with E-state index in [4.69, 9.17) is 16.3 Å². The second-order valence-corrected chi connectivity index (χ2v) is 10.1. The van der Waals surface area contributed by atoms with Gasteiger partial charge in [0.25, 0.3) is 10.0 Å². The van der Waals surface area contributed by atoms with Crippen LogP contribution in [0.25, 0.3) is 11.1 Å². The van der Waals surface area contributed by atoms with E-state index >= 15 is 0 Å². The molecular weight excluding hydrogens is 499 g/mol. The molecule has 1 heterocycles. The first kappa shape index (κ1) is 24.9. The Kier molecular flexibility index (Phi) is 7.00. The summed E-state index contributed by atoms with van der Waals surface area (Å²) < 4.78 is 47.9. The largest absolute Gasteiger partial charge is 0.505 e. The van der Waals surface area contributed by atoms with Gasteiger partial charge in [-0.25, -0.2) is 17.6 Å². The van der Waals surface area contributed by atoms with Gasteiger partial charge in [-0.15, -0.1) is 0 Å². The molecule has 8 nitrogen and oxygen atoms in total. The highest BCUT2D eigenvalue weighted by molar-refractivity contribution is 7.92. The molecule has 1 saturated heterocycles. The Balaban J connectivity index is 1.66. The zero-order valence-electron chi connectivity index (χ0n) is 18.5. The van der Waals surface area contributed by atoms with E-state index in [1.165, 1.54) is 12.1 Å². The predicted molar refractivity (Wildman–Crippen MR) is 129 cm³/mol. The van der Waals surface area contributed by atoms with E-state index < -0.39 is 43.0 Å². The second-order valence-electron chi connectivity index (χ2n) is 8.09. The third-order valence-electron chi connectivity index (χ3n) is 5.82. The molecule has 11 heteroatoms. The van der Waals surface area contributed by atoms with Gasteiger partial charge < -0.3 is 20.3 Å². The van der Waals surface area contributed by atoms with Crippen molar-refractivity contribution in [3.05, 3.63) is 76.6 Å². The van der Waals surface area contributed by atoms with E-state index in [-0.39, 0.29) is 17.8 Å². The Morgan fingerprint density at radius 3 is 2.60 bits per heavy atom. The van der Waals surface area contributed by atoms with Crippen molar-refractivity contribution in [1.82, 2.24) is 5.32 Å². The molecule has 0 aromatic heterocycles. The molecule has 0 bridgehead atoms. The van der Waals surface area contributed by atoms with Crippen LogP contribution in [0.2, 0.25) is 5.02 Å². The lowest BCUT2D eigenvalue weighted by Gasteiger charge is -2.15. The number of carboxylic acid groups (broad SMARTS) is 1. The van der Waals surface area contributed by atoms with E-state index in [2.05, 4.69) is 10.0 Å². The standard InChI is InChI=1S/C24H22ClFN2O6S/c1-34-17-11-20(27-12-17)15-4-2-3-13(7-15)14-5-6-19(26)21(9-14)28-35(32,33)22-10-16(24(30)31)8-18(25)23(22)29/h2-10,17,20,27-29H,11-12H2,1H3,(H,30,31)/t17-,20?/m0/s1. The molecule has 4 N–H and O–H groups in total. The van der Waals surface area contributed by atoms with Gasteiger partial charge in [-0.05, 0) is 53.4 Å². The van der Waals surface area contributed by atoms with Gasteiger partial charge in [-0.3, -0.25) is 4.72 Å². The number of aromatic hydroxyl groups is 1. The van der Waals surface area contributed by atoms with E-state index in [1.54, 1.807) is 7.11 Å². The van der Waals surface area contributed by atoms with Crippen LogP contribution < -0.4 is 10.0 Å². The number of phenolic OH excluding ortho intramolecular Hbond substituents is 1. The molecule has 35 heavy (non-hydrogen) atoms. The molecule has 3 aromatic carbocycles. The Morgan fingerprint density at radius 2 is 1.91 bits per heavy atom. The molecule has 184 valence electrons. The first-order chi connectivity index (χ1) is 16.6. The maximum atomic E-state index is 14.6. The highest BCUT2D eigenvalue weighted by Crippen LogP contribution is 2.35. The van der Waals surface area contributed by atoms with Gasteiger partial charge in [-0.1, -0.05) is 35.9 Å². The summed E-state index contributed by atoms with van der Waals surface area (Å²) in [5, 5.41) is 22.3. The minimum absolute atomic E-state index is 0.0903. The van der Waals surface area contributed by atoms with Crippen LogP contribution in [0, 0.1) is 5.82 Å². The number of rotatable bonds is 7. The van der Waals surface area contributed by atoms with Crippen molar-refractivity contribution in [2.75, 3.05) is 18.4 Å². The minimum Gasteiger partial charge on any atom is -0.505 e. The average molecular weight is 521 g/mol. The Hall–Kier alpha value is -3.18. The number of nitrogens with one attached hydrogen (secondary N) is 2. The molecular formula is C24H22ClFN2O6S. The number of sulfonamides is 1. The van der Waals surface area contributed by atoms with E-state index in [0.717, 1.165) is 42.3 Å². The lowest BCUT2D eigenvalue weighted by atomic mass is 9.98. The Morgan fingerprint density at radius 1 is 1.17 bits per heavy atom. The fourth-order valence-electron chi connectivity index (χ4n) is 3.96. The van der Waals surface area contributed by atoms with Gasteiger partial charge in [0.05, 0.1) is 22.4 Å². The second kappa shape index (κ2) is 9.82. The number of ether oxygens (including phenoxy) is 1. The number of anilines is 1. The number of carboxylic acids is 1. The van der Waals surface area contributed by atoms with Gasteiger partial charge in [-0.2, -0.15) is 0 Å². The molecule has 0 saturated carbocycles. The van der Waals surface area contributed by atoms with Crippen molar-refractivity contribution in [3.63, 3.8) is 0 Å². The van der Waals surface area contributed by atoms with E-state index in [0.29, 0.717) is 5.56 Å². The lowest BCUT2D eigenvalue weighted by Crippen LogP contribution is -2.16. The van der Waals surface area contributed by atoms with Crippen molar-refractivity contribution in [3.8, 4) is 16.9 Å². The maximum Gasteiger partial charge on any atom is 0.335 e. The van der Waals surface area contributed by atoms with Crippen molar-refractivity contribution in [2.24, 2.45) is 0 Å². The number of phenols is 1. The highest BCUT2D eigenvalue weighted by atomic mass is 35.5. The predicted octanol–water partition coefficient (Wildman–Crippen LogP) is 4.40. The number of benzene rings is 3. The number of aromatic carboxylic acids is 1. The van der Waals surface area contributed by atoms with Crippen LogP contribution in [-0.2, 0) is 14.8 Å². The van der Waals surface area contributed by atoms with Crippen molar-refractivity contribution < 1.29 is 32.6 Å². The van der Waals surface area contributed by atoms with Gasteiger partial charge in [0.15, 0.2) is 5.75 Å². The van der Waals surface area contributed by atoms with Crippen LogP contribution in [0.5, 0.6) is 5.75 Å². The Labute approximate surface area is 206 Å². The molecule has 1 unspecified atom stereocenters. The van der Waals surface area contributed by atoms with Crippen LogP contribution in [0.1, 0.15) is 28.4 Å². The average Bonchev–Trinajstić information content (AvgIpc) is 3.31. The van der Waals surface area contributed by atoms with Gasteiger partial charge in [0.2, 0.25) is 0 Å². The molecule has 1 aliphatic heterocycles. The number of carbonyl (C=O) groups is 1. The van der Waals surface area contributed by atoms with Crippen LogP contribution in [0.15, 0.2) is 59.5 Å². The van der Waals surface area contributed by atoms with Crippen LogP contribution in [-0.4, -0.2) is 44.4 Å². The first-order valence-electron chi connectivity index (χ1n) is 10.5. The highest BCUT2D eigenvalue weighted by Gasteiger charge is 2.26. The summed E-state index contributed by atoms with van der Waals surface area (Å²) in [6, 6.07) is 13.3. The molecule has 0 amide bonds. The quantitative estimate of drug-likeness (QED) is 0.364. The number of hydrogen-bond acceptors (Lipinski definition) is 6. The molecule has 3 aromatic rings. The van der Waals surface area contributed by atoms with Crippen LogP contribution in [0.4, 0.5) is 10.1 Å². The normalized spacial score (nSPS) is 17.9. The summed E-state index contributed by atoms with van der Waals surface area (Å²) in [5.41, 5.74) is 1.48. The van der Waals surface area contributed by atoms with Crippen molar-refractivity contribution in [2.45, 2.75) is 23.5 Å². The third-order valence-corrected chi connectivity index (χ3v) is 7.49. The zero-order valence-corrected chi connectivity index (χ0v) is 20.0. The van der Waals surface area contributed by atoms with Gasteiger partial charge >= 0.3 is 5.97 Å². The number of hydrogen-bond donors (Lipinski definition) is 4. The molecule has 0 aliphatic carbocycles. The summed E-state index contributed by atoms with van der Waals surface area (Å²) in [5.74, 6) is -3.13. The van der Waals surface area contributed by atoms with Gasteiger partial charge in [0, 0.05) is 19.7 Å². The molecule has 1 fully saturated rings. The van der Waals surface area contributed by atoms with Gasteiger partial charge in [0.1, 0.15) is 10.7 Å². The maximum absolute atomic E-state index is 14.6. The topological polar surface area (TPSA) is 125 Å². The third kappa shape index (κ3) is 5.25.